The highest BCUT2D eigenvalue weighted by atomic mass is 16.3. The van der Waals surface area contributed by atoms with Crippen LogP contribution in [0.3, 0.4) is 0 Å². The maximum Gasteiger partial charge on any atom is 0.255 e. The molecule has 3 rings (SSSR count). The Labute approximate surface area is 153 Å². The lowest BCUT2D eigenvalue weighted by molar-refractivity contribution is -0.161. The van der Waals surface area contributed by atoms with E-state index in [4.69, 9.17) is 0 Å². The van der Waals surface area contributed by atoms with Gasteiger partial charge in [-0.2, -0.15) is 0 Å². The minimum Gasteiger partial charge on any atom is -0.379 e. The van der Waals surface area contributed by atoms with Crippen LogP contribution < -0.4 is 0 Å². The summed E-state index contributed by atoms with van der Waals surface area (Å²) in [5.41, 5.74) is -1.18. The van der Waals surface area contributed by atoms with Gasteiger partial charge in [-0.3, -0.25) is 9.69 Å². The Morgan fingerprint density at radius 3 is 2.44 bits per heavy atom. The zero-order valence-electron chi connectivity index (χ0n) is 16.3. The van der Waals surface area contributed by atoms with Crippen LogP contribution in [0.5, 0.6) is 0 Å². The van der Waals surface area contributed by atoms with E-state index in [1.54, 1.807) is 0 Å². The van der Waals surface area contributed by atoms with Gasteiger partial charge in [0.25, 0.3) is 5.91 Å². The van der Waals surface area contributed by atoms with Crippen LogP contribution in [0.25, 0.3) is 0 Å². The van der Waals surface area contributed by atoms with Gasteiger partial charge in [0.05, 0.1) is 0 Å². The van der Waals surface area contributed by atoms with Crippen molar-refractivity contribution in [2.45, 2.75) is 69.4 Å². The summed E-state index contributed by atoms with van der Waals surface area (Å²) in [6.45, 7) is 4.39. The molecule has 3 aliphatic rings. The molecule has 0 radical (unpaired) electrons. The number of carbonyl (C=O) groups is 1. The number of likely N-dealkylation sites (N-methyl/N-ethyl adjacent to an activating group) is 1. The van der Waals surface area contributed by atoms with E-state index < -0.39 is 5.60 Å². The molecule has 0 aromatic rings. The quantitative estimate of drug-likeness (QED) is 0.822. The first-order valence-electron chi connectivity index (χ1n) is 10.4. The van der Waals surface area contributed by atoms with E-state index in [9.17, 15) is 9.90 Å². The Morgan fingerprint density at radius 1 is 1.08 bits per heavy atom. The maximum absolute atomic E-state index is 13.0. The monoisotopic (exact) mass is 351 g/mol. The number of carbonyl (C=O) groups excluding carboxylic acids is 1. The van der Waals surface area contributed by atoms with Crippen LogP contribution in [0.2, 0.25) is 0 Å². The summed E-state index contributed by atoms with van der Waals surface area (Å²) in [6.07, 6.45) is 10.2. The average Bonchev–Trinajstić information content (AvgIpc) is 2.60. The minimum atomic E-state index is -1.18. The standard InChI is InChI=1S/C20H37N3O2/c1-21-13-9-18(10-14-21)22(2)16-20(25)11-6-12-23(19(20)24)15-17-7-4-3-5-8-17/h17-18,25H,3-16H2,1-2H3/t20-/m1/s1. The summed E-state index contributed by atoms with van der Waals surface area (Å²) >= 11 is 0. The van der Waals surface area contributed by atoms with Crippen molar-refractivity contribution < 1.29 is 9.90 Å². The number of nitrogens with zero attached hydrogens (tertiary/aromatic N) is 3. The fourth-order valence-corrected chi connectivity index (χ4v) is 5.04. The van der Waals surface area contributed by atoms with Gasteiger partial charge in [-0.05, 0) is 71.6 Å². The second-order valence-corrected chi connectivity index (χ2v) is 8.84. The highest BCUT2D eigenvalue weighted by Gasteiger charge is 2.44. The molecule has 3 fully saturated rings. The van der Waals surface area contributed by atoms with Crippen molar-refractivity contribution in [3.05, 3.63) is 0 Å². The Balaban J connectivity index is 1.56. The van der Waals surface area contributed by atoms with Crippen molar-refractivity contribution >= 4 is 5.91 Å². The smallest absolute Gasteiger partial charge is 0.255 e. The number of likely N-dealkylation sites (tertiary alicyclic amines) is 2. The van der Waals surface area contributed by atoms with Gasteiger partial charge in [0, 0.05) is 25.7 Å². The molecule has 1 atom stereocenters. The number of amides is 1. The first-order chi connectivity index (χ1) is 12.0. The predicted molar refractivity (Wildman–Crippen MR) is 100 cm³/mol. The van der Waals surface area contributed by atoms with E-state index >= 15 is 0 Å². The van der Waals surface area contributed by atoms with E-state index in [0.29, 0.717) is 24.9 Å². The molecule has 25 heavy (non-hydrogen) atoms. The zero-order chi connectivity index (χ0) is 17.9. The Kier molecular flexibility index (Phi) is 6.39. The molecule has 144 valence electrons. The van der Waals surface area contributed by atoms with Crippen LogP contribution in [0.1, 0.15) is 57.8 Å². The molecule has 5 nitrogen and oxygen atoms in total. The molecule has 0 spiro atoms. The van der Waals surface area contributed by atoms with Crippen molar-refractivity contribution in [1.29, 1.82) is 0 Å². The lowest BCUT2D eigenvalue weighted by Crippen LogP contribution is -2.60. The van der Waals surface area contributed by atoms with Crippen molar-refractivity contribution in [3.8, 4) is 0 Å². The van der Waals surface area contributed by atoms with E-state index in [0.717, 1.165) is 45.4 Å². The molecule has 5 heteroatoms. The van der Waals surface area contributed by atoms with E-state index in [1.165, 1.54) is 32.1 Å². The second kappa shape index (κ2) is 8.36. The number of hydrogen-bond donors (Lipinski definition) is 1. The fourth-order valence-electron chi connectivity index (χ4n) is 5.04. The molecule has 0 bridgehead atoms. The fraction of sp³-hybridized carbons (Fsp3) is 0.950. The first-order valence-corrected chi connectivity index (χ1v) is 10.4. The average molecular weight is 352 g/mol. The molecule has 1 saturated carbocycles. The van der Waals surface area contributed by atoms with E-state index in [1.807, 2.05) is 4.90 Å². The zero-order valence-corrected chi connectivity index (χ0v) is 16.3. The normalized spacial score (nSPS) is 31.0. The summed E-state index contributed by atoms with van der Waals surface area (Å²) in [4.78, 5) is 19.6. The topological polar surface area (TPSA) is 47.0 Å². The summed E-state index contributed by atoms with van der Waals surface area (Å²) in [5, 5.41) is 11.1. The van der Waals surface area contributed by atoms with Crippen LogP contribution in [0.15, 0.2) is 0 Å². The van der Waals surface area contributed by atoms with E-state index in [-0.39, 0.29) is 5.91 Å². The van der Waals surface area contributed by atoms with Crippen LogP contribution in [-0.4, -0.2) is 84.2 Å². The third kappa shape index (κ3) is 4.75. The van der Waals surface area contributed by atoms with Gasteiger partial charge in [-0.25, -0.2) is 0 Å². The van der Waals surface area contributed by atoms with Crippen molar-refractivity contribution in [2.24, 2.45) is 5.92 Å². The molecule has 0 aromatic carbocycles. The van der Waals surface area contributed by atoms with Gasteiger partial charge in [-0.15, -0.1) is 0 Å². The lowest BCUT2D eigenvalue weighted by atomic mass is 9.86. The summed E-state index contributed by atoms with van der Waals surface area (Å²) in [6, 6.07) is 0.488. The second-order valence-electron chi connectivity index (χ2n) is 8.84. The molecule has 0 unspecified atom stereocenters. The lowest BCUT2D eigenvalue weighted by Gasteiger charge is -2.44. The minimum absolute atomic E-state index is 0.0101. The third-order valence-corrected chi connectivity index (χ3v) is 6.73. The van der Waals surface area contributed by atoms with Gasteiger partial charge in [0.2, 0.25) is 0 Å². The van der Waals surface area contributed by atoms with Crippen LogP contribution in [0, 0.1) is 5.92 Å². The molecule has 2 aliphatic heterocycles. The molecule has 2 heterocycles. The molecule has 0 aromatic heterocycles. The van der Waals surface area contributed by atoms with Crippen molar-refractivity contribution in [1.82, 2.24) is 14.7 Å². The van der Waals surface area contributed by atoms with Gasteiger partial charge in [0.1, 0.15) is 0 Å². The molecular formula is C20H37N3O2. The van der Waals surface area contributed by atoms with Gasteiger partial charge < -0.3 is 14.9 Å². The van der Waals surface area contributed by atoms with Crippen LogP contribution >= 0.6 is 0 Å². The summed E-state index contributed by atoms with van der Waals surface area (Å²) < 4.78 is 0. The first kappa shape index (κ1) is 19.1. The van der Waals surface area contributed by atoms with Crippen molar-refractivity contribution in [2.75, 3.05) is 46.8 Å². The SMILES string of the molecule is CN1CCC(N(C)C[C@]2(O)CCCN(CC3CCCCC3)C2=O)CC1. The molecule has 1 aliphatic carbocycles. The molecular weight excluding hydrogens is 314 g/mol. The molecule has 1 N–H and O–H groups in total. The number of rotatable bonds is 5. The van der Waals surface area contributed by atoms with Crippen LogP contribution in [-0.2, 0) is 4.79 Å². The highest BCUT2D eigenvalue weighted by molar-refractivity contribution is 5.86. The van der Waals surface area contributed by atoms with Gasteiger partial charge >= 0.3 is 0 Å². The number of aliphatic hydroxyl groups is 1. The van der Waals surface area contributed by atoms with Gasteiger partial charge in [0.15, 0.2) is 5.60 Å². The molecule has 1 amide bonds. The third-order valence-electron chi connectivity index (χ3n) is 6.73. The summed E-state index contributed by atoms with van der Waals surface area (Å²) in [5.74, 6) is 0.635. The Morgan fingerprint density at radius 2 is 1.76 bits per heavy atom. The largest absolute Gasteiger partial charge is 0.379 e. The number of hydrogen-bond acceptors (Lipinski definition) is 4. The number of piperidine rings is 2. The summed E-state index contributed by atoms with van der Waals surface area (Å²) in [7, 11) is 4.25. The van der Waals surface area contributed by atoms with Crippen molar-refractivity contribution in [3.63, 3.8) is 0 Å². The predicted octanol–water partition coefficient (Wildman–Crippen LogP) is 1.95. The highest BCUT2D eigenvalue weighted by Crippen LogP contribution is 2.29. The maximum atomic E-state index is 13.0. The van der Waals surface area contributed by atoms with E-state index in [2.05, 4.69) is 23.9 Å². The molecule has 2 saturated heterocycles. The Bertz CT molecular complexity index is 444. The Hall–Kier alpha value is -0.650. The van der Waals surface area contributed by atoms with Gasteiger partial charge in [-0.1, -0.05) is 19.3 Å². The van der Waals surface area contributed by atoms with Crippen LogP contribution in [0.4, 0.5) is 0 Å².